The number of benzene rings is 1. The van der Waals surface area contributed by atoms with Crippen molar-refractivity contribution >= 4 is 29.0 Å². The molecule has 2 fully saturated rings. The SMILES string of the molecule is CC(C)(C)[S@+]([O-])N[C@H](Cc1cc(F)c(F)cc1F)C1CCN(C(=O)CSC2CCCCC2)CC1. The summed E-state index contributed by atoms with van der Waals surface area (Å²) in [6.07, 6.45) is 7.65. The second kappa shape index (κ2) is 12.4. The molecule has 1 aromatic rings. The third kappa shape index (κ3) is 7.80. The molecule has 0 spiro atoms. The number of likely N-dealkylation sites (tertiary alicyclic amines) is 1. The summed E-state index contributed by atoms with van der Waals surface area (Å²) in [5.74, 6) is -2.42. The van der Waals surface area contributed by atoms with Crippen molar-refractivity contribution in [3.05, 3.63) is 35.1 Å². The molecule has 1 aliphatic heterocycles. The Bertz CT molecular complexity index is 823. The fourth-order valence-electron chi connectivity index (χ4n) is 4.64. The maximum atomic E-state index is 14.4. The second-order valence-electron chi connectivity index (χ2n) is 10.5. The first kappa shape index (κ1) is 27.7. The minimum Gasteiger partial charge on any atom is -0.598 e. The number of amides is 1. The van der Waals surface area contributed by atoms with Crippen LogP contribution in [-0.4, -0.2) is 50.2 Å². The van der Waals surface area contributed by atoms with Crippen molar-refractivity contribution in [3.8, 4) is 0 Å². The lowest BCUT2D eigenvalue weighted by Gasteiger charge is -2.38. The minimum atomic E-state index is -1.41. The number of piperidine rings is 1. The van der Waals surface area contributed by atoms with Gasteiger partial charge in [-0.1, -0.05) is 19.3 Å². The molecule has 4 nitrogen and oxygen atoms in total. The Balaban J connectivity index is 1.61. The molecule has 0 unspecified atom stereocenters. The van der Waals surface area contributed by atoms with Crippen LogP contribution < -0.4 is 4.72 Å². The number of rotatable bonds is 8. The first-order chi connectivity index (χ1) is 16.0. The molecule has 2 atom stereocenters. The number of halogens is 3. The van der Waals surface area contributed by atoms with Crippen molar-refractivity contribution < 1.29 is 22.5 Å². The van der Waals surface area contributed by atoms with E-state index < -0.39 is 33.6 Å². The van der Waals surface area contributed by atoms with Gasteiger partial charge in [-0.05, 0) is 70.4 Å². The summed E-state index contributed by atoms with van der Waals surface area (Å²) >= 11 is 0.365. The maximum Gasteiger partial charge on any atom is 0.232 e. The summed E-state index contributed by atoms with van der Waals surface area (Å²) in [5.41, 5.74) is 0.0599. The molecule has 1 saturated heterocycles. The van der Waals surface area contributed by atoms with E-state index in [1.807, 2.05) is 25.7 Å². The molecule has 0 bridgehead atoms. The third-order valence-corrected chi connectivity index (χ3v) is 9.79. The molecule has 1 heterocycles. The van der Waals surface area contributed by atoms with E-state index in [0.717, 1.165) is 6.07 Å². The van der Waals surface area contributed by atoms with Gasteiger partial charge in [0.2, 0.25) is 5.91 Å². The fourth-order valence-corrected chi connectivity index (χ4v) is 6.77. The van der Waals surface area contributed by atoms with Gasteiger partial charge in [0.25, 0.3) is 0 Å². The topological polar surface area (TPSA) is 55.4 Å². The molecule has 1 aromatic carbocycles. The zero-order chi connectivity index (χ0) is 24.9. The summed E-state index contributed by atoms with van der Waals surface area (Å²) in [6, 6.07) is 1.07. The summed E-state index contributed by atoms with van der Waals surface area (Å²) < 4.78 is 57.0. The van der Waals surface area contributed by atoms with Gasteiger partial charge in [0.1, 0.15) is 10.6 Å². The molecule has 1 N–H and O–H groups in total. The molecule has 2 aliphatic rings. The molecule has 34 heavy (non-hydrogen) atoms. The molecule has 1 aliphatic carbocycles. The summed E-state index contributed by atoms with van der Waals surface area (Å²) in [7, 11) is 0. The van der Waals surface area contributed by atoms with Gasteiger partial charge < -0.3 is 9.45 Å². The van der Waals surface area contributed by atoms with Gasteiger partial charge >= 0.3 is 0 Å². The highest BCUT2D eigenvalue weighted by atomic mass is 32.2. The Morgan fingerprint density at radius 3 is 2.32 bits per heavy atom. The van der Waals surface area contributed by atoms with Crippen molar-refractivity contribution in [1.82, 2.24) is 9.62 Å². The molecule has 1 amide bonds. The van der Waals surface area contributed by atoms with E-state index in [2.05, 4.69) is 4.72 Å². The van der Waals surface area contributed by atoms with Crippen LogP contribution in [0.4, 0.5) is 13.2 Å². The predicted octanol–water partition coefficient (Wildman–Crippen LogP) is 5.37. The molecule has 0 radical (unpaired) electrons. The van der Waals surface area contributed by atoms with Gasteiger partial charge in [0.15, 0.2) is 11.6 Å². The number of carbonyl (C=O) groups is 1. The number of thioether (sulfide) groups is 1. The predicted molar refractivity (Wildman–Crippen MR) is 133 cm³/mol. The highest BCUT2D eigenvalue weighted by molar-refractivity contribution is 8.00. The molecular formula is C25H37F3N2O2S2. The molecular weight excluding hydrogens is 481 g/mol. The number of hydrogen-bond donors (Lipinski definition) is 1. The Morgan fingerprint density at radius 1 is 1.09 bits per heavy atom. The number of carbonyl (C=O) groups excluding carboxylic acids is 1. The highest BCUT2D eigenvalue weighted by Crippen LogP contribution is 2.30. The Labute approximate surface area is 209 Å². The molecule has 9 heteroatoms. The van der Waals surface area contributed by atoms with Crippen LogP contribution in [0.2, 0.25) is 0 Å². The first-order valence-electron chi connectivity index (χ1n) is 12.3. The summed E-state index contributed by atoms with van der Waals surface area (Å²) in [4.78, 5) is 14.6. The largest absolute Gasteiger partial charge is 0.598 e. The zero-order valence-corrected chi connectivity index (χ0v) is 22.0. The van der Waals surface area contributed by atoms with Crippen LogP contribution in [0.25, 0.3) is 0 Å². The van der Waals surface area contributed by atoms with Crippen molar-refractivity contribution in [2.24, 2.45) is 5.92 Å². The van der Waals surface area contributed by atoms with Crippen molar-refractivity contribution in [2.45, 2.75) is 88.2 Å². The van der Waals surface area contributed by atoms with E-state index >= 15 is 0 Å². The second-order valence-corrected chi connectivity index (χ2v) is 13.7. The van der Waals surface area contributed by atoms with Gasteiger partial charge in [-0.25, -0.2) is 13.2 Å². The van der Waals surface area contributed by atoms with Crippen molar-refractivity contribution in [3.63, 3.8) is 0 Å². The van der Waals surface area contributed by atoms with Crippen LogP contribution in [0.3, 0.4) is 0 Å². The van der Waals surface area contributed by atoms with Gasteiger partial charge in [-0.2, -0.15) is 0 Å². The van der Waals surface area contributed by atoms with Crippen molar-refractivity contribution in [1.29, 1.82) is 0 Å². The van der Waals surface area contributed by atoms with E-state index in [1.54, 1.807) is 11.8 Å². The first-order valence-corrected chi connectivity index (χ1v) is 14.5. The summed E-state index contributed by atoms with van der Waals surface area (Å²) in [5, 5.41) is 0.585. The molecule has 192 valence electrons. The lowest BCUT2D eigenvalue weighted by molar-refractivity contribution is -0.129. The lowest BCUT2D eigenvalue weighted by Crippen LogP contribution is -2.51. The molecule has 1 saturated carbocycles. The smallest absolute Gasteiger partial charge is 0.232 e. The van der Waals surface area contributed by atoms with Gasteiger partial charge in [-0.3, -0.25) is 4.79 Å². The van der Waals surface area contributed by atoms with E-state index in [1.165, 1.54) is 32.1 Å². The quantitative estimate of drug-likeness (QED) is 0.371. The Morgan fingerprint density at radius 2 is 1.71 bits per heavy atom. The Kier molecular flexibility index (Phi) is 10.1. The zero-order valence-electron chi connectivity index (χ0n) is 20.4. The monoisotopic (exact) mass is 518 g/mol. The normalized spacial score (nSPS) is 20.4. The number of hydrogen-bond acceptors (Lipinski definition) is 4. The minimum absolute atomic E-state index is 0.0360. The summed E-state index contributed by atoms with van der Waals surface area (Å²) in [6.45, 7) is 6.72. The average Bonchev–Trinajstić information content (AvgIpc) is 2.80. The number of nitrogens with zero attached hydrogens (tertiary/aromatic N) is 1. The van der Waals surface area contributed by atoms with Crippen molar-refractivity contribution in [2.75, 3.05) is 18.8 Å². The number of nitrogens with one attached hydrogen (secondary N) is 1. The van der Waals surface area contributed by atoms with Crippen LogP contribution in [0, 0.1) is 23.4 Å². The van der Waals surface area contributed by atoms with Crippen LogP contribution in [0.1, 0.15) is 71.3 Å². The van der Waals surface area contributed by atoms with E-state index in [4.69, 9.17) is 0 Å². The molecule has 3 rings (SSSR count). The average molecular weight is 519 g/mol. The van der Waals surface area contributed by atoms with E-state index in [-0.39, 0.29) is 29.9 Å². The maximum absolute atomic E-state index is 14.4. The van der Waals surface area contributed by atoms with Crippen LogP contribution in [-0.2, 0) is 22.6 Å². The van der Waals surface area contributed by atoms with Gasteiger partial charge in [-0.15, -0.1) is 16.5 Å². The molecule has 0 aromatic heterocycles. The highest BCUT2D eigenvalue weighted by Gasteiger charge is 2.35. The van der Waals surface area contributed by atoms with Crippen LogP contribution >= 0.6 is 11.8 Å². The lowest BCUT2D eigenvalue weighted by atomic mass is 9.86. The van der Waals surface area contributed by atoms with Gasteiger partial charge in [0, 0.05) is 35.8 Å². The van der Waals surface area contributed by atoms with Crippen LogP contribution in [0.15, 0.2) is 12.1 Å². The fraction of sp³-hybridized carbons (Fsp3) is 0.720. The van der Waals surface area contributed by atoms with Gasteiger partial charge in [0.05, 0.1) is 11.8 Å². The Hall–Kier alpha value is -0.900. The van der Waals surface area contributed by atoms with Crippen LogP contribution in [0.5, 0.6) is 0 Å². The standard InChI is InChI=1S/C25H37F3N2O2S2/c1-25(2,3)34(32)29-23(14-18-13-21(27)22(28)15-20(18)26)17-9-11-30(12-10-17)24(31)16-33-19-7-5-4-6-8-19/h13,15,17,19,23,29H,4-12,14,16H2,1-3H3/t23-,34+/m1/s1. The van der Waals surface area contributed by atoms with E-state index in [9.17, 15) is 22.5 Å². The third-order valence-electron chi connectivity index (χ3n) is 6.80. The van der Waals surface area contributed by atoms with E-state index in [0.29, 0.717) is 43.0 Å².